The smallest absolute Gasteiger partial charge is 0.338 e. The van der Waals surface area contributed by atoms with Gasteiger partial charge in [0.05, 0.1) is 12.2 Å². The highest BCUT2D eigenvalue weighted by Crippen LogP contribution is 2.28. The molecule has 0 bridgehead atoms. The van der Waals surface area contributed by atoms with Crippen molar-refractivity contribution in [3.63, 3.8) is 0 Å². The van der Waals surface area contributed by atoms with Gasteiger partial charge in [-0.25, -0.2) is 4.79 Å². The van der Waals surface area contributed by atoms with Crippen LogP contribution < -0.4 is 9.64 Å². The second-order valence-electron chi connectivity index (χ2n) is 7.15. The van der Waals surface area contributed by atoms with Crippen LogP contribution in [0.25, 0.3) is 0 Å². The number of ether oxygens (including phenoxy) is 2. The fourth-order valence-corrected chi connectivity index (χ4v) is 3.02. The molecule has 1 heterocycles. The van der Waals surface area contributed by atoms with Crippen molar-refractivity contribution in [3.05, 3.63) is 59.7 Å². The third-order valence-corrected chi connectivity index (χ3v) is 4.46. The molecule has 0 saturated carbocycles. The summed E-state index contributed by atoms with van der Waals surface area (Å²) in [6.45, 7) is 6.99. The van der Waals surface area contributed by atoms with E-state index in [1.165, 1.54) is 0 Å². The molecule has 0 aromatic heterocycles. The number of para-hydroxylation sites is 1. The van der Waals surface area contributed by atoms with Crippen LogP contribution in [0.15, 0.2) is 48.5 Å². The van der Waals surface area contributed by atoms with Crippen LogP contribution >= 0.6 is 0 Å². The Morgan fingerprint density at radius 1 is 1.04 bits per heavy atom. The predicted molar refractivity (Wildman–Crippen MR) is 104 cm³/mol. The molecule has 1 aliphatic rings. The van der Waals surface area contributed by atoms with Crippen molar-refractivity contribution in [2.45, 2.75) is 33.3 Å². The molecule has 27 heavy (non-hydrogen) atoms. The Morgan fingerprint density at radius 2 is 1.74 bits per heavy atom. The average Bonchev–Trinajstić information content (AvgIpc) is 3.10. The summed E-state index contributed by atoms with van der Waals surface area (Å²) in [4.78, 5) is 26.8. The number of hydrogen-bond acceptors (Lipinski definition) is 4. The van der Waals surface area contributed by atoms with Gasteiger partial charge < -0.3 is 14.4 Å². The number of nitrogens with zero attached hydrogens (tertiary/aromatic N) is 1. The van der Waals surface area contributed by atoms with E-state index in [-0.39, 0.29) is 5.91 Å². The average molecular weight is 367 g/mol. The minimum atomic E-state index is -0.847. The van der Waals surface area contributed by atoms with Crippen LogP contribution in [0.3, 0.4) is 0 Å². The highest BCUT2D eigenvalue weighted by molar-refractivity contribution is 6.00. The number of anilines is 1. The van der Waals surface area contributed by atoms with E-state index in [0.29, 0.717) is 30.4 Å². The quantitative estimate of drug-likeness (QED) is 0.728. The molecule has 1 amide bonds. The molecule has 0 saturated heterocycles. The normalized spacial score (nSPS) is 14.0. The Hall–Kier alpha value is -2.82. The summed E-state index contributed by atoms with van der Waals surface area (Å²) in [5.74, 6) is 0.416. The predicted octanol–water partition coefficient (Wildman–Crippen LogP) is 3.86. The van der Waals surface area contributed by atoms with Crippen molar-refractivity contribution in [2.24, 2.45) is 5.92 Å². The Bertz CT molecular complexity index is 813. The van der Waals surface area contributed by atoms with Crippen LogP contribution in [0.2, 0.25) is 0 Å². The maximum Gasteiger partial charge on any atom is 0.338 e. The number of amides is 1. The number of hydrogen-bond donors (Lipinski definition) is 0. The van der Waals surface area contributed by atoms with Gasteiger partial charge in [0.2, 0.25) is 0 Å². The lowest BCUT2D eigenvalue weighted by molar-refractivity contribution is -0.126. The molecule has 0 unspecified atom stereocenters. The Labute approximate surface area is 159 Å². The van der Waals surface area contributed by atoms with E-state index < -0.39 is 12.1 Å². The van der Waals surface area contributed by atoms with Gasteiger partial charge >= 0.3 is 5.97 Å². The molecule has 0 fully saturated rings. The first-order chi connectivity index (χ1) is 13.0. The van der Waals surface area contributed by atoms with E-state index in [9.17, 15) is 9.59 Å². The van der Waals surface area contributed by atoms with Gasteiger partial charge in [0, 0.05) is 12.2 Å². The van der Waals surface area contributed by atoms with Gasteiger partial charge in [-0.1, -0.05) is 32.0 Å². The number of rotatable bonds is 6. The highest BCUT2D eigenvalue weighted by atomic mass is 16.5. The zero-order valence-corrected chi connectivity index (χ0v) is 16.0. The van der Waals surface area contributed by atoms with E-state index in [0.717, 1.165) is 17.7 Å². The van der Waals surface area contributed by atoms with Gasteiger partial charge in [-0.15, -0.1) is 0 Å². The molecular formula is C22H25NO4. The molecule has 0 spiro atoms. The van der Waals surface area contributed by atoms with E-state index >= 15 is 0 Å². The second-order valence-corrected chi connectivity index (χ2v) is 7.15. The number of fused-ring (bicyclic) bond motifs is 1. The number of carbonyl (C=O) groups excluding carboxylic acids is 2. The monoisotopic (exact) mass is 367 g/mol. The van der Waals surface area contributed by atoms with Crippen molar-refractivity contribution in [1.29, 1.82) is 0 Å². The molecule has 142 valence electrons. The van der Waals surface area contributed by atoms with Gasteiger partial charge in [0.1, 0.15) is 5.75 Å². The van der Waals surface area contributed by atoms with Crippen LogP contribution in [0.1, 0.15) is 36.7 Å². The summed E-state index contributed by atoms with van der Waals surface area (Å²) >= 11 is 0. The van der Waals surface area contributed by atoms with Gasteiger partial charge in [0.15, 0.2) is 6.10 Å². The topological polar surface area (TPSA) is 55.8 Å². The first-order valence-electron chi connectivity index (χ1n) is 9.29. The molecule has 2 aromatic rings. The van der Waals surface area contributed by atoms with Gasteiger partial charge in [-0.3, -0.25) is 4.79 Å². The fraction of sp³-hybridized carbons (Fsp3) is 0.364. The summed E-state index contributed by atoms with van der Waals surface area (Å²) in [5, 5.41) is 0. The third kappa shape index (κ3) is 4.48. The van der Waals surface area contributed by atoms with E-state index in [1.807, 2.05) is 24.3 Å². The highest BCUT2D eigenvalue weighted by Gasteiger charge is 2.29. The number of benzene rings is 2. The molecular weight excluding hydrogens is 342 g/mol. The van der Waals surface area contributed by atoms with Crippen molar-refractivity contribution < 1.29 is 19.1 Å². The molecule has 0 aliphatic carbocycles. The van der Waals surface area contributed by atoms with Crippen molar-refractivity contribution >= 4 is 17.6 Å². The SMILES string of the molecule is CC(C)COc1ccc(C(=O)O[C@@H](C)C(=O)N2CCc3ccccc32)cc1. The Balaban J connectivity index is 1.60. The second kappa shape index (κ2) is 8.25. The lowest BCUT2D eigenvalue weighted by Gasteiger charge is -2.21. The Kier molecular flexibility index (Phi) is 5.79. The minimum absolute atomic E-state index is 0.204. The molecule has 1 atom stereocenters. The molecule has 2 aromatic carbocycles. The van der Waals surface area contributed by atoms with Crippen LogP contribution in [0.4, 0.5) is 5.69 Å². The summed E-state index contributed by atoms with van der Waals surface area (Å²) in [7, 11) is 0. The third-order valence-electron chi connectivity index (χ3n) is 4.46. The van der Waals surface area contributed by atoms with Crippen LogP contribution in [0, 0.1) is 5.92 Å². The molecule has 1 aliphatic heterocycles. The fourth-order valence-electron chi connectivity index (χ4n) is 3.02. The summed E-state index contributed by atoms with van der Waals surface area (Å²) in [5.41, 5.74) is 2.44. The van der Waals surface area contributed by atoms with Crippen LogP contribution in [0.5, 0.6) is 5.75 Å². The molecule has 5 heteroatoms. The van der Waals surface area contributed by atoms with Crippen molar-refractivity contribution in [1.82, 2.24) is 0 Å². The zero-order valence-electron chi connectivity index (χ0n) is 16.0. The lowest BCUT2D eigenvalue weighted by atomic mass is 10.2. The zero-order chi connectivity index (χ0) is 19.4. The Morgan fingerprint density at radius 3 is 2.44 bits per heavy atom. The van der Waals surface area contributed by atoms with Gasteiger partial charge in [0.25, 0.3) is 5.91 Å². The van der Waals surface area contributed by atoms with E-state index in [2.05, 4.69) is 13.8 Å². The standard InChI is InChI=1S/C22H25NO4/c1-15(2)14-26-19-10-8-18(9-11-19)22(25)27-16(3)21(24)23-13-12-17-6-4-5-7-20(17)23/h4-11,15-16H,12-14H2,1-3H3/t16-/m0/s1. The molecule has 5 nitrogen and oxygen atoms in total. The van der Waals surface area contributed by atoms with Crippen LogP contribution in [-0.4, -0.2) is 31.1 Å². The molecule has 3 rings (SSSR count). The minimum Gasteiger partial charge on any atom is -0.493 e. The van der Waals surface area contributed by atoms with Gasteiger partial charge in [-0.2, -0.15) is 0 Å². The first kappa shape index (κ1) is 19.0. The van der Waals surface area contributed by atoms with E-state index in [4.69, 9.17) is 9.47 Å². The largest absolute Gasteiger partial charge is 0.493 e. The first-order valence-corrected chi connectivity index (χ1v) is 9.29. The molecule has 0 N–H and O–H groups in total. The van der Waals surface area contributed by atoms with Crippen molar-refractivity contribution in [2.75, 3.05) is 18.1 Å². The number of esters is 1. The number of carbonyl (C=O) groups is 2. The van der Waals surface area contributed by atoms with E-state index in [1.54, 1.807) is 36.1 Å². The summed E-state index contributed by atoms with van der Waals surface area (Å²) in [6.07, 6.45) is -0.0269. The van der Waals surface area contributed by atoms with Crippen molar-refractivity contribution in [3.8, 4) is 5.75 Å². The lowest BCUT2D eigenvalue weighted by Crippen LogP contribution is -2.39. The summed E-state index contributed by atoms with van der Waals surface area (Å²) < 4.78 is 11.0. The maximum atomic E-state index is 12.7. The summed E-state index contributed by atoms with van der Waals surface area (Å²) in [6, 6.07) is 14.6. The van der Waals surface area contributed by atoms with Crippen LogP contribution in [-0.2, 0) is 16.0 Å². The van der Waals surface area contributed by atoms with Gasteiger partial charge in [-0.05, 0) is 55.2 Å². The maximum absolute atomic E-state index is 12.7. The molecule has 0 radical (unpaired) electrons.